The maximum Gasteiger partial charge on any atom is 0.307 e. The van der Waals surface area contributed by atoms with Gasteiger partial charge >= 0.3 is 5.97 Å². The van der Waals surface area contributed by atoms with E-state index >= 15 is 0 Å². The lowest BCUT2D eigenvalue weighted by Gasteiger charge is -2.38. The molecule has 0 spiro atoms. The molecule has 0 aliphatic carbocycles. The molecule has 1 fully saturated rings. The molecule has 0 amide bonds. The number of benzene rings is 2. The van der Waals surface area contributed by atoms with Crippen LogP contribution in [0.1, 0.15) is 30.0 Å². The van der Waals surface area contributed by atoms with Gasteiger partial charge in [-0.05, 0) is 48.7 Å². The Hall–Kier alpha value is -1.26. The van der Waals surface area contributed by atoms with E-state index < -0.39 is 5.97 Å². The van der Waals surface area contributed by atoms with E-state index in [1.807, 2.05) is 36.4 Å². The number of nitrogens with zero attached hydrogens (tertiary/aromatic N) is 1. The molecule has 6 heteroatoms. The van der Waals surface area contributed by atoms with Crippen LogP contribution in [0.5, 0.6) is 0 Å². The fourth-order valence-electron chi connectivity index (χ4n) is 3.41. The van der Waals surface area contributed by atoms with Gasteiger partial charge in [0.05, 0.1) is 22.0 Å². The molecule has 1 aliphatic heterocycles. The number of hydrogen-bond acceptors (Lipinski definition) is 2. The fraction of sp³-hybridized carbons (Fsp3) is 0.316. The Morgan fingerprint density at radius 3 is 2.52 bits per heavy atom. The zero-order valence-corrected chi connectivity index (χ0v) is 15.7. The SMILES string of the molecule is O=C(O)C1CCCN(C(c2ccc(Cl)cc2)c2cccc(Cl)c2Cl)C1. The van der Waals surface area contributed by atoms with Crippen LogP contribution in [0.25, 0.3) is 0 Å². The Labute approximate surface area is 162 Å². The van der Waals surface area contributed by atoms with E-state index in [9.17, 15) is 9.90 Å². The second-order valence-corrected chi connectivity index (χ2v) is 7.49. The molecule has 2 aromatic carbocycles. The predicted molar refractivity (Wildman–Crippen MR) is 102 cm³/mol. The van der Waals surface area contributed by atoms with E-state index in [0.717, 1.165) is 24.1 Å². The quantitative estimate of drug-likeness (QED) is 0.736. The second-order valence-electron chi connectivity index (χ2n) is 6.27. The number of halogens is 3. The van der Waals surface area contributed by atoms with E-state index in [1.165, 1.54) is 0 Å². The number of hydrogen-bond donors (Lipinski definition) is 1. The van der Waals surface area contributed by atoms with Crippen LogP contribution in [-0.4, -0.2) is 29.1 Å². The second kappa shape index (κ2) is 7.96. The highest BCUT2D eigenvalue weighted by atomic mass is 35.5. The largest absolute Gasteiger partial charge is 0.481 e. The molecule has 1 heterocycles. The standard InChI is InChI=1S/C19H18Cl3NO2/c20-14-8-6-12(7-9-14)18(15-4-1-5-16(21)17(15)22)23-10-2-3-13(11-23)19(24)25/h1,4-9,13,18H,2-3,10-11H2,(H,24,25). The van der Waals surface area contributed by atoms with Crippen LogP contribution in [0, 0.1) is 5.92 Å². The molecule has 2 unspecified atom stereocenters. The van der Waals surface area contributed by atoms with Crippen molar-refractivity contribution >= 4 is 40.8 Å². The molecule has 0 radical (unpaired) electrons. The number of aliphatic carboxylic acids is 1. The van der Waals surface area contributed by atoms with E-state index in [2.05, 4.69) is 4.90 Å². The van der Waals surface area contributed by atoms with E-state index in [0.29, 0.717) is 28.0 Å². The molecule has 2 atom stereocenters. The summed E-state index contributed by atoms with van der Waals surface area (Å²) in [6.07, 6.45) is 1.53. The predicted octanol–water partition coefficient (Wildman–Crippen LogP) is 5.53. The summed E-state index contributed by atoms with van der Waals surface area (Å²) >= 11 is 18.7. The summed E-state index contributed by atoms with van der Waals surface area (Å²) in [5, 5.41) is 11.1. The number of piperidine rings is 1. The van der Waals surface area contributed by atoms with Crippen molar-refractivity contribution in [1.29, 1.82) is 0 Å². The molecular formula is C19H18Cl3NO2. The van der Waals surface area contributed by atoms with Gasteiger partial charge in [0.1, 0.15) is 0 Å². The van der Waals surface area contributed by atoms with Gasteiger partial charge in [-0.1, -0.05) is 59.1 Å². The molecule has 3 rings (SSSR count). The van der Waals surface area contributed by atoms with Crippen molar-refractivity contribution in [2.24, 2.45) is 5.92 Å². The van der Waals surface area contributed by atoms with E-state index in [4.69, 9.17) is 34.8 Å². The average molecular weight is 399 g/mol. The highest BCUT2D eigenvalue weighted by molar-refractivity contribution is 6.42. The lowest BCUT2D eigenvalue weighted by atomic mass is 9.91. The van der Waals surface area contributed by atoms with E-state index in [1.54, 1.807) is 6.07 Å². The summed E-state index contributed by atoms with van der Waals surface area (Å²) in [5.41, 5.74) is 1.89. The normalized spacial score (nSPS) is 19.6. The number of carboxylic acids is 1. The van der Waals surface area contributed by atoms with Crippen molar-refractivity contribution < 1.29 is 9.90 Å². The van der Waals surface area contributed by atoms with Gasteiger partial charge in [-0.25, -0.2) is 0 Å². The highest BCUT2D eigenvalue weighted by Gasteiger charge is 2.32. The zero-order chi connectivity index (χ0) is 18.0. The van der Waals surface area contributed by atoms with E-state index in [-0.39, 0.29) is 12.0 Å². The summed E-state index contributed by atoms with van der Waals surface area (Å²) < 4.78 is 0. The fourth-order valence-corrected chi connectivity index (χ4v) is 3.94. The minimum atomic E-state index is -0.753. The van der Waals surface area contributed by atoms with Gasteiger partial charge in [0.25, 0.3) is 0 Å². The topological polar surface area (TPSA) is 40.5 Å². The summed E-state index contributed by atoms with van der Waals surface area (Å²) in [6, 6.07) is 13.0. The van der Waals surface area contributed by atoms with Gasteiger partial charge in [0.2, 0.25) is 0 Å². The molecule has 2 aromatic rings. The molecule has 0 aromatic heterocycles. The minimum absolute atomic E-state index is 0.161. The third kappa shape index (κ3) is 4.12. The van der Waals surface area contributed by atoms with Gasteiger partial charge in [-0.15, -0.1) is 0 Å². The molecule has 0 bridgehead atoms. The lowest BCUT2D eigenvalue weighted by molar-refractivity contribution is -0.143. The van der Waals surface area contributed by atoms with Crippen LogP contribution in [-0.2, 0) is 4.79 Å². The van der Waals surface area contributed by atoms with Crippen LogP contribution in [0.4, 0.5) is 0 Å². The molecule has 1 N–H and O–H groups in total. The first-order chi connectivity index (χ1) is 12.0. The number of carboxylic acid groups (broad SMARTS) is 1. The maximum atomic E-state index is 11.5. The Morgan fingerprint density at radius 1 is 1.12 bits per heavy atom. The first-order valence-corrected chi connectivity index (χ1v) is 9.27. The van der Waals surface area contributed by atoms with Crippen LogP contribution in [0.2, 0.25) is 15.1 Å². The maximum absolute atomic E-state index is 11.5. The third-order valence-corrected chi connectivity index (χ3v) is 5.71. The van der Waals surface area contributed by atoms with Crippen molar-refractivity contribution in [3.05, 3.63) is 68.7 Å². The number of carbonyl (C=O) groups is 1. The lowest BCUT2D eigenvalue weighted by Crippen LogP contribution is -2.41. The Bertz CT molecular complexity index is 764. The Balaban J connectivity index is 2.04. The molecule has 1 saturated heterocycles. The first kappa shape index (κ1) is 18.5. The van der Waals surface area contributed by atoms with Gasteiger partial charge in [0.15, 0.2) is 0 Å². The smallest absolute Gasteiger partial charge is 0.307 e. The minimum Gasteiger partial charge on any atom is -0.481 e. The molecule has 3 nitrogen and oxygen atoms in total. The van der Waals surface area contributed by atoms with Crippen molar-refractivity contribution in [3.63, 3.8) is 0 Å². The highest BCUT2D eigenvalue weighted by Crippen LogP contribution is 2.38. The van der Waals surface area contributed by atoms with Crippen molar-refractivity contribution in [2.45, 2.75) is 18.9 Å². The number of likely N-dealkylation sites (tertiary alicyclic amines) is 1. The van der Waals surface area contributed by atoms with Crippen LogP contribution < -0.4 is 0 Å². The van der Waals surface area contributed by atoms with Crippen molar-refractivity contribution in [1.82, 2.24) is 4.90 Å². The Morgan fingerprint density at radius 2 is 1.84 bits per heavy atom. The molecule has 0 saturated carbocycles. The monoisotopic (exact) mass is 397 g/mol. The van der Waals surface area contributed by atoms with Crippen LogP contribution in [0.3, 0.4) is 0 Å². The number of rotatable bonds is 4. The zero-order valence-electron chi connectivity index (χ0n) is 13.5. The van der Waals surface area contributed by atoms with Crippen LogP contribution in [0.15, 0.2) is 42.5 Å². The van der Waals surface area contributed by atoms with Crippen LogP contribution >= 0.6 is 34.8 Å². The molecular weight excluding hydrogens is 381 g/mol. The summed E-state index contributed by atoms with van der Waals surface area (Å²) in [6.45, 7) is 1.28. The van der Waals surface area contributed by atoms with Gasteiger partial charge in [-0.2, -0.15) is 0 Å². The summed E-state index contributed by atoms with van der Waals surface area (Å²) in [7, 11) is 0. The summed E-state index contributed by atoms with van der Waals surface area (Å²) in [5.74, 6) is -1.13. The molecule has 132 valence electrons. The first-order valence-electron chi connectivity index (χ1n) is 8.13. The van der Waals surface area contributed by atoms with Crippen molar-refractivity contribution in [2.75, 3.05) is 13.1 Å². The molecule has 1 aliphatic rings. The molecule has 25 heavy (non-hydrogen) atoms. The van der Waals surface area contributed by atoms with Gasteiger partial charge in [0, 0.05) is 11.6 Å². The Kier molecular flexibility index (Phi) is 5.90. The average Bonchev–Trinajstić information content (AvgIpc) is 2.61. The summed E-state index contributed by atoms with van der Waals surface area (Å²) in [4.78, 5) is 13.6. The third-order valence-electron chi connectivity index (χ3n) is 4.63. The van der Waals surface area contributed by atoms with Crippen molar-refractivity contribution in [3.8, 4) is 0 Å². The van der Waals surface area contributed by atoms with Gasteiger partial charge in [-0.3, -0.25) is 9.69 Å². The van der Waals surface area contributed by atoms with Gasteiger partial charge < -0.3 is 5.11 Å².